The van der Waals surface area contributed by atoms with Crippen molar-refractivity contribution in [3.05, 3.63) is 5.89 Å². The molecule has 1 amide bonds. The lowest BCUT2D eigenvalue weighted by molar-refractivity contribution is -0.132. The predicted octanol–water partition coefficient (Wildman–Crippen LogP) is 1.33. The van der Waals surface area contributed by atoms with Crippen LogP contribution in [0.1, 0.15) is 51.0 Å². The number of hydrogen-bond acceptors (Lipinski definition) is 6. The first-order valence-electron chi connectivity index (χ1n) is 6.76. The molecule has 0 aliphatic carbocycles. The van der Waals surface area contributed by atoms with Gasteiger partial charge in [0.2, 0.25) is 21.6 Å². The Kier molecular flexibility index (Phi) is 4.42. The number of likely N-dealkylation sites (tertiary alicyclic amines) is 1. The SMILES string of the molecule is CCCCC(=O)N1CCC[C@H]1c1nnc(S(C)(=O)=O)o1. The summed E-state index contributed by atoms with van der Waals surface area (Å²) in [6.45, 7) is 2.69. The summed E-state index contributed by atoms with van der Waals surface area (Å²) < 4.78 is 27.9. The number of unbranched alkanes of at least 4 members (excludes halogenated alkanes) is 1. The summed E-state index contributed by atoms with van der Waals surface area (Å²) >= 11 is 0. The molecule has 20 heavy (non-hydrogen) atoms. The molecule has 1 aromatic heterocycles. The van der Waals surface area contributed by atoms with E-state index >= 15 is 0 Å². The average Bonchev–Trinajstić information content (AvgIpc) is 3.02. The van der Waals surface area contributed by atoms with Crippen molar-refractivity contribution in [2.75, 3.05) is 12.8 Å². The largest absolute Gasteiger partial charge is 0.410 e. The van der Waals surface area contributed by atoms with Gasteiger partial charge in [0, 0.05) is 19.2 Å². The molecule has 0 aromatic carbocycles. The lowest BCUT2D eigenvalue weighted by atomic mass is 10.2. The second kappa shape index (κ2) is 5.90. The fourth-order valence-electron chi connectivity index (χ4n) is 2.30. The molecule has 2 heterocycles. The molecule has 1 aliphatic heterocycles. The van der Waals surface area contributed by atoms with Crippen molar-refractivity contribution in [1.82, 2.24) is 15.1 Å². The maximum absolute atomic E-state index is 12.1. The van der Waals surface area contributed by atoms with Crippen molar-refractivity contribution in [3.63, 3.8) is 0 Å². The number of amides is 1. The van der Waals surface area contributed by atoms with Gasteiger partial charge in [-0.05, 0) is 19.3 Å². The van der Waals surface area contributed by atoms with Crippen molar-refractivity contribution in [2.24, 2.45) is 0 Å². The summed E-state index contributed by atoms with van der Waals surface area (Å²) in [7, 11) is -3.51. The van der Waals surface area contributed by atoms with E-state index in [0.717, 1.165) is 31.9 Å². The van der Waals surface area contributed by atoms with Gasteiger partial charge in [-0.3, -0.25) is 4.79 Å². The molecular formula is C12H19N3O4S. The van der Waals surface area contributed by atoms with Crippen LogP contribution in [0.2, 0.25) is 0 Å². The van der Waals surface area contributed by atoms with Crippen LogP contribution in [0.4, 0.5) is 0 Å². The van der Waals surface area contributed by atoms with Crippen LogP contribution in [0.25, 0.3) is 0 Å². The maximum atomic E-state index is 12.1. The van der Waals surface area contributed by atoms with E-state index in [1.165, 1.54) is 0 Å². The molecule has 0 N–H and O–H groups in total. The van der Waals surface area contributed by atoms with Gasteiger partial charge in [0.25, 0.3) is 0 Å². The van der Waals surface area contributed by atoms with Crippen LogP contribution in [0, 0.1) is 0 Å². The summed E-state index contributed by atoms with van der Waals surface area (Å²) in [5, 5.41) is 6.94. The molecule has 112 valence electrons. The first-order valence-corrected chi connectivity index (χ1v) is 8.65. The summed E-state index contributed by atoms with van der Waals surface area (Å²) in [5.41, 5.74) is 0. The number of aromatic nitrogens is 2. The van der Waals surface area contributed by atoms with Crippen molar-refractivity contribution in [1.29, 1.82) is 0 Å². The van der Waals surface area contributed by atoms with Crippen molar-refractivity contribution < 1.29 is 17.6 Å². The van der Waals surface area contributed by atoms with E-state index in [9.17, 15) is 13.2 Å². The molecule has 1 fully saturated rings. The van der Waals surface area contributed by atoms with Gasteiger partial charge >= 0.3 is 5.22 Å². The van der Waals surface area contributed by atoms with E-state index in [2.05, 4.69) is 10.2 Å². The fourth-order valence-corrected chi connectivity index (χ4v) is 2.72. The van der Waals surface area contributed by atoms with E-state index < -0.39 is 9.84 Å². The lowest BCUT2D eigenvalue weighted by Gasteiger charge is -2.21. The van der Waals surface area contributed by atoms with Crippen LogP contribution >= 0.6 is 0 Å². The van der Waals surface area contributed by atoms with Gasteiger partial charge in [0.05, 0.1) is 0 Å². The normalized spacial score (nSPS) is 19.5. The number of nitrogens with zero attached hydrogens (tertiary/aromatic N) is 3. The van der Waals surface area contributed by atoms with Crippen LogP contribution in [0.5, 0.6) is 0 Å². The molecule has 0 unspecified atom stereocenters. The Hall–Kier alpha value is -1.44. The minimum atomic E-state index is -3.51. The number of rotatable bonds is 5. The van der Waals surface area contributed by atoms with E-state index in [4.69, 9.17) is 4.42 Å². The second-order valence-corrected chi connectivity index (χ2v) is 6.92. The number of carbonyl (C=O) groups excluding carboxylic acids is 1. The zero-order valence-corrected chi connectivity index (χ0v) is 12.5. The van der Waals surface area contributed by atoms with E-state index in [-0.39, 0.29) is 23.1 Å². The molecule has 1 atom stereocenters. The smallest absolute Gasteiger partial charge is 0.335 e. The third kappa shape index (κ3) is 3.17. The number of carbonyl (C=O) groups is 1. The van der Waals surface area contributed by atoms with Crippen molar-refractivity contribution in [2.45, 2.75) is 50.3 Å². The van der Waals surface area contributed by atoms with Gasteiger partial charge in [-0.25, -0.2) is 8.42 Å². The van der Waals surface area contributed by atoms with Gasteiger partial charge in [0.1, 0.15) is 6.04 Å². The summed E-state index contributed by atoms with van der Waals surface area (Å²) in [5.74, 6) is 0.279. The predicted molar refractivity (Wildman–Crippen MR) is 70.6 cm³/mol. The summed E-state index contributed by atoms with van der Waals surface area (Å²) in [4.78, 5) is 13.8. The van der Waals surface area contributed by atoms with Gasteiger partial charge in [-0.2, -0.15) is 0 Å². The summed E-state index contributed by atoms with van der Waals surface area (Å²) in [6, 6.07) is -0.289. The maximum Gasteiger partial charge on any atom is 0.335 e. The van der Waals surface area contributed by atoms with Gasteiger partial charge in [-0.1, -0.05) is 18.4 Å². The zero-order chi connectivity index (χ0) is 14.8. The highest BCUT2D eigenvalue weighted by Crippen LogP contribution is 2.32. The lowest BCUT2D eigenvalue weighted by Crippen LogP contribution is -2.30. The Bertz CT molecular complexity index is 581. The van der Waals surface area contributed by atoms with Gasteiger partial charge in [0.15, 0.2) is 0 Å². The van der Waals surface area contributed by atoms with Gasteiger partial charge < -0.3 is 9.32 Å². The summed E-state index contributed by atoms with van der Waals surface area (Å²) in [6.07, 6.45) is 4.91. The van der Waals surface area contributed by atoms with Crippen LogP contribution in [0.15, 0.2) is 9.64 Å². The molecule has 2 rings (SSSR count). The number of sulfone groups is 1. The highest BCUT2D eigenvalue weighted by atomic mass is 32.2. The van der Waals surface area contributed by atoms with Crippen molar-refractivity contribution in [3.8, 4) is 0 Å². The Labute approximate surface area is 118 Å². The standard InChI is InChI=1S/C12H19N3O4S/c1-3-4-7-10(16)15-8-5-6-9(15)11-13-14-12(19-11)20(2,17)18/h9H,3-8H2,1-2H3/t9-/m0/s1. The van der Waals surface area contributed by atoms with Crippen molar-refractivity contribution >= 4 is 15.7 Å². The Morgan fingerprint density at radius 1 is 1.45 bits per heavy atom. The minimum Gasteiger partial charge on any atom is -0.410 e. The molecule has 1 saturated heterocycles. The quantitative estimate of drug-likeness (QED) is 0.814. The van der Waals surface area contributed by atoms with Gasteiger partial charge in [-0.15, -0.1) is 5.10 Å². The molecule has 1 aromatic rings. The zero-order valence-electron chi connectivity index (χ0n) is 11.7. The minimum absolute atomic E-state index is 0.0634. The second-order valence-electron chi connectivity index (χ2n) is 5.03. The Morgan fingerprint density at radius 2 is 2.20 bits per heavy atom. The first-order chi connectivity index (χ1) is 9.43. The fraction of sp³-hybridized carbons (Fsp3) is 0.750. The number of hydrogen-bond donors (Lipinski definition) is 0. The highest BCUT2D eigenvalue weighted by molar-refractivity contribution is 7.90. The highest BCUT2D eigenvalue weighted by Gasteiger charge is 2.34. The molecule has 8 heteroatoms. The third-order valence-electron chi connectivity index (χ3n) is 3.34. The monoisotopic (exact) mass is 301 g/mol. The Morgan fingerprint density at radius 3 is 2.80 bits per heavy atom. The molecule has 0 radical (unpaired) electrons. The molecule has 0 bridgehead atoms. The van der Waals surface area contributed by atoms with E-state index in [1.54, 1.807) is 4.90 Å². The first kappa shape index (κ1) is 15.0. The topological polar surface area (TPSA) is 93.4 Å². The van der Waals surface area contributed by atoms with E-state index in [1.807, 2.05) is 6.92 Å². The van der Waals surface area contributed by atoms with Crippen LogP contribution in [0.3, 0.4) is 0 Å². The molecule has 0 saturated carbocycles. The van der Waals surface area contributed by atoms with Crippen LogP contribution in [-0.4, -0.2) is 42.2 Å². The van der Waals surface area contributed by atoms with Crippen LogP contribution in [-0.2, 0) is 14.6 Å². The third-order valence-corrected chi connectivity index (χ3v) is 4.14. The Balaban J connectivity index is 2.15. The molecular weight excluding hydrogens is 282 g/mol. The molecule has 1 aliphatic rings. The van der Waals surface area contributed by atoms with E-state index in [0.29, 0.717) is 13.0 Å². The molecule has 7 nitrogen and oxygen atoms in total. The van der Waals surface area contributed by atoms with Crippen LogP contribution < -0.4 is 0 Å². The average molecular weight is 301 g/mol. The molecule has 0 spiro atoms.